The molecule has 2 unspecified atom stereocenters. The Morgan fingerprint density at radius 3 is 1.87 bits per heavy atom. The van der Waals surface area contributed by atoms with Crippen LogP contribution in [0.4, 0.5) is 0 Å². The van der Waals surface area contributed by atoms with E-state index in [1.807, 2.05) is 18.2 Å². The third-order valence-electron chi connectivity index (χ3n) is 4.88. The van der Waals surface area contributed by atoms with E-state index in [1.54, 1.807) is 33.5 Å². The van der Waals surface area contributed by atoms with E-state index in [-0.39, 0.29) is 17.6 Å². The zero-order valence-corrected chi connectivity index (χ0v) is 18.5. The Labute approximate surface area is 182 Å². The molecule has 0 heterocycles. The van der Waals surface area contributed by atoms with Crippen LogP contribution in [0.3, 0.4) is 0 Å². The lowest BCUT2D eigenvalue weighted by Gasteiger charge is -2.25. The zero-order chi connectivity index (χ0) is 23.6. The molecule has 4 N–H and O–H groups in total. The number of carboxylic acid groups (broad SMARTS) is 1. The number of hydrogen-bond donors (Lipinski definition) is 3. The summed E-state index contributed by atoms with van der Waals surface area (Å²) in [5.41, 5.74) is 8.03. The number of methoxy groups -OCH3 is 4. The number of aliphatic carboxylic acids is 1. The second-order valence-electron chi connectivity index (χ2n) is 6.56. The summed E-state index contributed by atoms with van der Waals surface area (Å²) in [6, 6.07) is 9.23. The number of benzene rings is 2. The Hall–Kier alpha value is -3.39. The van der Waals surface area contributed by atoms with E-state index in [9.17, 15) is 9.90 Å². The maximum Gasteiger partial charge on any atom is 0.327 e. The van der Waals surface area contributed by atoms with Gasteiger partial charge in [0.05, 0.1) is 28.4 Å². The normalized spacial score (nSPS) is 11.9. The molecule has 2 rings (SSSR count). The van der Waals surface area contributed by atoms with Crippen molar-refractivity contribution in [3.05, 3.63) is 54.1 Å². The van der Waals surface area contributed by atoms with E-state index in [1.165, 1.54) is 7.11 Å². The first kappa shape index (κ1) is 25.6. The molecule has 0 saturated carbocycles. The lowest BCUT2D eigenvalue weighted by atomic mass is 9.82. The van der Waals surface area contributed by atoms with E-state index >= 15 is 0 Å². The van der Waals surface area contributed by atoms with E-state index in [0.717, 1.165) is 17.2 Å². The van der Waals surface area contributed by atoms with Crippen LogP contribution >= 0.6 is 0 Å². The van der Waals surface area contributed by atoms with Crippen LogP contribution in [0.1, 0.15) is 29.9 Å². The summed E-state index contributed by atoms with van der Waals surface area (Å²) >= 11 is 0. The number of hydrogen-bond acceptors (Lipinski definition) is 7. The minimum atomic E-state index is -0.981. The summed E-state index contributed by atoms with van der Waals surface area (Å²) in [5.74, 6) is 1.34. The van der Waals surface area contributed by atoms with Crippen LogP contribution in [0.5, 0.6) is 28.7 Å². The lowest BCUT2D eigenvalue weighted by Crippen LogP contribution is -2.19. The third-order valence-corrected chi connectivity index (χ3v) is 4.88. The first-order valence-corrected chi connectivity index (χ1v) is 9.50. The van der Waals surface area contributed by atoms with Crippen molar-refractivity contribution in [3.8, 4) is 28.7 Å². The smallest absolute Gasteiger partial charge is 0.327 e. The molecule has 0 fully saturated rings. The molecular weight excluding hydrogens is 402 g/mol. The molecule has 2 aromatic rings. The summed E-state index contributed by atoms with van der Waals surface area (Å²) in [6.07, 6.45) is 0.833. The Bertz CT molecular complexity index is 857. The maximum absolute atomic E-state index is 10.1. The monoisotopic (exact) mass is 433 g/mol. The highest BCUT2D eigenvalue weighted by Crippen LogP contribution is 2.43. The van der Waals surface area contributed by atoms with Crippen molar-refractivity contribution in [2.24, 2.45) is 5.73 Å². The number of ether oxygens (including phenoxy) is 4. The molecule has 0 aliphatic rings. The van der Waals surface area contributed by atoms with Crippen LogP contribution in [0.25, 0.3) is 0 Å². The minimum Gasteiger partial charge on any atom is -0.504 e. The van der Waals surface area contributed by atoms with Crippen molar-refractivity contribution in [3.63, 3.8) is 0 Å². The fourth-order valence-corrected chi connectivity index (χ4v) is 3.17. The van der Waals surface area contributed by atoms with Crippen molar-refractivity contribution in [2.75, 3.05) is 35.0 Å². The molecule has 8 nitrogen and oxygen atoms in total. The molecule has 170 valence electrons. The van der Waals surface area contributed by atoms with Gasteiger partial charge < -0.3 is 34.9 Å². The number of phenolic OH excluding ortho intramolecular Hbond substituents is 1. The van der Waals surface area contributed by atoms with Crippen LogP contribution in [0.2, 0.25) is 0 Å². The number of carbonyl (C=O) groups is 1. The molecule has 31 heavy (non-hydrogen) atoms. The summed E-state index contributed by atoms with van der Waals surface area (Å²) in [7, 11) is 6.27. The van der Waals surface area contributed by atoms with Gasteiger partial charge in [0, 0.05) is 12.0 Å². The van der Waals surface area contributed by atoms with E-state index < -0.39 is 5.97 Å². The van der Waals surface area contributed by atoms with Gasteiger partial charge in [-0.15, -0.1) is 0 Å². The molecule has 0 aliphatic carbocycles. The van der Waals surface area contributed by atoms with Crippen LogP contribution in [0.15, 0.2) is 43.0 Å². The summed E-state index contributed by atoms with van der Waals surface area (Å²) in [6.45, 7) is 5.46. The van der Waals surface area contributed by atoms with Crippen LogP contribution in [0, 0.1) is 0 Å². The van der Waals surface area contributed by atoms with Crippen molar-refractivity contribution < 1.29 is 34.0 Å². The molecule has 0 amide bonds. The summed E-state index contributed by atoms with van der Waals surface area (Å²) < 4.78 is 21.4. The summed E-state index contributed by atoms with van der Waals surface area (Å²) in [4.78, 5) is 9.25. The van der Waals surface area contributed by atoms with Gasteiger partial charge >= 0.3 is 5.97 Å². The number of aromatic hydroxyl groups is 1. The minimum absolute atomic E-state index is 0.00324. The molecule has 0 saturated heterocycles. The number of phenols is 1. The standard InChI is InChI=1S/C20H27NO5.C3H4O2/c1-12(13-6-7-17(23-2)16(22)8-13)15(11-21)14-9-18(24-3)20(26-5)19(10-14)25-4;1-2-3(4)5/h6-10,12,15,22H,11,21H2,1-5H3;2H,1H2,(H,4,5). The second kappa shape index (κ2) is 12.3. The third kappa shape index (κ3) is 6.55. The van der Waals surface area contributed by atoms with Crippen LogP contribution in [-0.2, 0) is 4.79 Å². The lowest BCUT2D eigenvalue weighted by molar-refractivity contribution is -0.131. The molecule has 0 radical (unpaired) electrons. The molecule has 0 aliphatic heterocycles. The molecule has 8 heteroatoms. The van der Waals surface area contributed by atoms with Gasteiger partial charge in [-0.2, -0.15) is 0 Å². The second-order valence-corrected chi connectivity index (χ2v) is 6.56. The fourth-order valence-electron chi connectivity index (χ4n) is 3.17. The van der Waals surface area contributed by atoms with Crippen molar-refractivity contribution in [2.45, 2.75) is 18.8 Å². The molecule has 0 aromatic heterocycles. The first-order chi connectivity index (χ1) is 14.8. The van der Waals surface area contributed by atoms with Gasteiger partial charge in [0.15, 0.2) is 23.0 Å². The van der Waals surface area contributed by atoms with E-state index in [0.29, 0.717) is 29.5 Å². The van der Waals surface area contributed by atoms with Crippen LogP contribution in [-0.4, -0.2) is 51.2 Å². The van der Waals surface area contributed by atoms with Crippen molar-refractivity contribution in [1.29, 1.82) is 0 Å². The van der Waals surface area contributed by atoms with Crippen LogP contribution < -0.4 is 24.7 Å². The predicted octanol–water partition coefficient (Wildman–Crippen LogP) is 3.53. The average molecular weight is 434 g/mol. The Morgan fingerprint density at radius 2 is 1.52 bits per heavy atom. The Morgan fingerprint density at radius 1 is 1.00 bits per heavy atom. The number of rotatable bonds is 9. The molecule has 2 atom stereocenters. The highest BCUT2D eigenvalue weighted by Gasteiger charge is 2.24. The fraction of sp³-hybridized carbons (Fsp3) is 0.348. The topological polar surface area (TPSA) is 120 Å². The van der Waals surface area contributed by atoms with Gasteiger partial charge in [0.2, 0.25) is 5.75 Å². The van der Waals surface area contributed by atoms with E-state index in [4.69, 9.17) is 29.8 Å². The van der Waals surface area contributed by atoms with Gasteiger partial charge in [-0.05, 0) is 47.9 Å². The Balaban J connectivity index is 0.000000861. The predicted molar refractivity (Wildman–Crippen MR) is 119 cm³/mol. The molecule has 0 bridgehead atoms. The molecule has 2 aromatic carbocycles. The van der Waals surface area contributed by atoms with Gasteiger partial charge in [0.25, 0.3) is 0 Å². The van der Waals surface area contributed by atoms with Crippen molar-refractivity contribution in [1.82, 2.24) is 0 Å². The zero-order valence-electron chi connectivity index (χ0n) is 18.5. The van der Waals surface area contributed by atoms with Gasteiger partial charge in [-0.1, -0.05) is 19.6 Å². The van der Waals surface area contributed by atoms with Gasteiger partial charge in [-0.25, -0.2) is 4.79 Å². The van der Waals surface area contributed by atoms with Crippen molar-refractivity contribution >= 4 is 5.97 Å². The largest absolute Gasteiger partial charge is 0.504 e. The van der Waals surface area contributed by atoms with E-state index in [2.05, 4.69) is 13.5 Å². The SMILES string of the molecule is C=CC(=O)O.COc1ccc(C(C)C(CN)c2cc(OC)c(OC)c(OC)c2)cc1O. The maximum atomic E-state index is 10.1. The quantitative estimate of drug-likeness (QED) is 0.514. The number of nitrogens with two attached hydrogens (primary N) is 1. The first-order valence-electron chi connectivity index (χ1n) is 9.50. The number of carboxylic acids is 1. The van der Waals surface area contributed by atoms with Gasteiger partial charge in [0.1, 0.15) is 0 Å². The molecule has 0 spiro atoms. The Kier molecular flexibility index (Phi) is 10.2. The van der Waals surface area contributed by atoms with Gasteiger partial charge in [-0.3, -0.25) is 0 Å². The average Bonchev–Trinajstić information content (AvgIpc) is 2.78. The highest BCUT2D eigenvalue weighted by molar-refractivity contribution is 5.78. The highest BCUT2D eigenvalue weighted by atomic mass is 16.5. The molecular formula is C23H31NO7. The summed E-state index contributed by atoms with van der Waals surface area (Å²) in [5, 5.41) is 17.7.